The monoisotopic (exact) mass is 342 g/mol. The third-order valence-electron chi connectivity index (χ3n) is 4.18. The highest BCUT2D eigenvalue weighted by Gasteiger charge is 2.07. The van der Waals surface area contributed by atoms with Crippen molar-refractivity contribution in [1.82, 2.24) is 10.2 Å². The first-order chi connectivity index (χ1) is 12.8. The molecule has 0 saturated carbocycles. The molecule has 1 aromatic heterocycles. The van der Waals surface area contributed by atoms with Crippen LogP contribution in [0.15, 0.2) is 78.9 Å². The van der Waals surface area contributed by atoms with Crippen LogP contribution in [0.5, 0.6) is 0 Å². The fourth-order valence-corrected chi connectivity index (χ4v) is 2.78. The van der Waals surface area contributed by atoms with Crippen molar-refractivity contribution in [2.75, 3.05) is 10.6 Å². The molecule has 0 aliphatic heterocycles. The number of fused-ring (bicyclic) bond motifs is 1. The molecule has 0 unspecified atom stereocenters. The Labute approximate surface area is 151 Å². The molecule has 0 radical (unpaired) electrons. The number of nitrogens with one attached hydrogen (secondary N) is 3. The zero-order valence-electron chi connectivity index (χ0n) is 14.1. The summed E-state index contributed by atoms with van der Waals surface area (Å²) >= 11 is 0. The molecule has 128 valence electrons. The van der Waals surface area contributed by atoms with Gasteiger partial charge >= 0.3 is 0 Å². The van der Waals surface area contributed by atoms with Crippen LogP contribution in [0, 0.1) is 0 Å². The highest BCUT2D eigenvalue weighted by atomic mass is 16.1. The van der Waals surface area contributed by atoms with E-state index in [1.165, 1.54) is 0 Å². The lowest BCUT2D eigenvalue weighted by Gasteiger charge is -2.07. The van der Waals surface area contributed by atoms with Crippen LogP contribution in [0.3, 0.4) is 0 Å². The smallest absolute Gasteiger partial charge is 0.255 e. The number of carbonyl (C=O) groups excluding carboxylic acids is 1. The minimum atomic E-state index is -0.117. The number of hydrogen-bond acceptors (Lipinski definition) is 3. The van der Waals surface area contributed by atoms with Gasteiger partial charge in [0.25, 0.3) is 5.91 Å². The predicted octanol–water partition coefficient (Wildman–Crippen LogP) is 4.43. The number of hydrogen-bond donors (Lipinski definition) is 3. The molecular weight excluding hydrogens is 324 g/mol. The number of rotatable bonds is 5. The van der Waals surface area contributed by atoms with E-state index in [2.05, 4.69) is 20.8 Å². The van der Waals surface area contributed by atoms with Gasteiger partial charge in [-0.05, 0) is 42.0 Å². The lowest BCUT2D eigenvalue weighted by Crippen LogP contribution is -2.11. The number of nitrogens with zero attached hydrogens (tertiary/aromatic N) is 1. The maximum absolute atomic E-state index is 12.3. The van der Waals surface area contributed by atoms with E-state index in [9.17, 15) is 4.79 Å². The second-order valence-corrected chi connectivity index (χ2v) is 5.99. The summed E-state index contributed by atoms with van der Waals surface area (Å²) in [4.78, 5) is 12.3. The highest BCUT2D eigenvalue weighted by Crippen LogP contribution is 2.20. The molecule has 4 aromatic rings. The Balaban J connectivity index is 1.40. The number of H-pyrrole nitrogens is 1. The summed E-state index contributed by atoms with van der Waals surface area (Å²) < 4.78 is 0. The molecule has 26 heavy (non-hydrogen) atoms. The predicted molar refractivity (Wildman–Crippen MR) is 104 cm³/mol. The summed E-state index contributed by atoms with van der Waals surface area (Å²) in [5.74, 6) is 0.709. The van der Waals surface area contributed by atoms with Crippen LogP contribution in [0.1, 0.15) is 15.9 Å². The third-order valence-corrected chi connectivity index (χ3v) is 4.18. The topological polar surface area (TPSA) is 69.8 Å². The maximum atomic E-state index is 12.3. The fraction of sp³-hybridized carbons (Fsp3) is 0.0476. The Bertz CT molecular complexity index is 1020. The SMILES string of the molecule is O=C(Nc1ccccc1)c1ccc(CNc2n[nH]c3ccccc23)cc1. The number of aromatic amines is 1. The summed E-state index contributed by atoms with van der Waals surface area (Å²) in [6.45, 7) is 0.634. The quantitative estimate of drug-likeness (QED) is 0.502. The lowest BCUT2D eigenvalue weighted by molar-refractivity contribution is 0.102. The van der Waals surface area contributed by atoms with Crippen molar-refractivity contribution in [3.05, 3.63) is 90.0 Å². The molecule has 0 atom stereocenters. The molecule has 3 aromatic carbocycles. The van der Waals surface area contributed by atoms with Crippen LogP contribution in [0.4, 0.5) is 11.5 Å². The number of aromatic nitrogens is 2. The largest absolute Gasteiger partial charge is 0.364 e. The van der Waals surface area contributed by atoms with Crippen molar-refractivity contribution in [3.63, 3.8) is 0 Å². The van der Waals surface area contributed by atoms with Crippen molar-refractivity contribution in [1.29, 1.82) is 0 Å². The van der Waals surface area contributed by atoms with Gasteiger partial charge in [0.1, 0.15) is 0 Å². The summed E-state index contributed by atoms with van der Waals surface area (Å²) in [5, 5.41) is 14.6. The fourth-order valence-electron chi connectivity index (χ4n) is 2.78. The third kappa shape index (κ3) is 3.42. The first kappa shape index (κ1) is 15.9. The van der Waals surface area contributed by atoms with Crippen LogP contribution < -0.4 is 10.6 Å². The van der Waals surface area contributed by atoms with E-state index < -0.39 is 0 Å². The van der Waals surface area contributed by atoms with E-state index in [-0.39, 0.29) is 5.91 Å². The second-order valence-electron chi connectivity index (χ2n) is 5.99. The summed E-state index contributed by atoms with van der Waals surface area (Å²) in [7, 11) is 0. The number of benzene rings is 3. The lowest BCUT2D eigenvalue weighted by atomic mass is 10.1. The molecule has 5 heteroatoms. The number of carbonyl (C=O) groups is 1. The average molecular weight is 342 g/mol. The van der Waals surface area contributed by atoms with Gasteiger partial charge in [-0.2, -0.15) is 5.10 Å². The number of amides is 1. The van der Waals surface area contributed by atoms with Gasteiger partial charge in [0, 0.05) is 23.2 Å². The van der Waals surface area contributed by atoms with Gasteiger partial charge in [-0.1, -0.05) is 42.5 Å². The van der Waals surface area contributed by atoms with Crippen LogP contribution in [0.2, 0.25) is 0 Å². The zero-order chi connectivity index (χ0) is 17.8. The summed E-state index contributed by atoms with van der Waals surface area (Å²) in [5.41, 5.74) is 3.49. The molecule has 0 aliphatic rings. The van der Waals surface area contributed by atoms with Crippen molar-refractivity contribution >= 4 is 28.3 Å². The van der Waals surface area contributed by atoms with Crippen molar-refractivity contribution in [2.24, 2.45) is 0 Å². The molecule has 3 N–H and O–H groups in total. The highest BCUT2D eigenvalue weighted by molar-refractivity contribution is 6.04. The van der Waals surface area contributed by atoms with Gasteiger partial charge in [-0.25, -0.2) is 0 Å². The molecule has 5 nitrogen and oxygen atoms in total. The van der Waals surface area contributed by atoms with Crippen LogP contribution >= 0.6 is 0 Å². The van der Waals surface area contributed by atoms with Crippen LogP contribution in [-0.4, -0.2) is 16.1 Å². The molecule has 0 spiro atoms. The second kappa shape index (κ2) is 7.11. The van der Waals surface area contributed by atoms with Gasteiger partial charge in [-0.15, -0.1) is 0 Å². The standard InChI is InChI=1S/C21H18N4O/c26-21(23-17-6-2-1-3-7-17)16-12-10-15(11-13-16)14-22-20-18-8-4-5-9-19(18)24-25-20/h1-13H,14H2,(H,23,26)(H2,22,24,25). The summed E-state index contributed by atoms with van der Waals surface area (Å²) in [6.07, 6.45) is 0. The first-order valence-electron chi connectivity index (χ1n) is 8.42. The van der Waals surface area contributed by atoms with Crippen molar-refractivity contribution < 1.29 is 4.79 Å². The van der Waals surface area contributed by atoms with Crippen molar-refractivity contribution in [3.8, 4) is 0 Å². The van der Waals surface area contributed by atoms with E-state index in [1.807, 2.05) is 78.9 Å². The van der Waals surface area contributed by atoms with Crippen LogP contribution in [0.25, 0.3) is 10.9 Å². The van der Waals surface area contributed by atoms with Gasteiger partial charge in [0.05, 0.1) is 5.52 Å². The Morgan fingerprint density at radius 3 is 2.42 bits per heavy atom. The normalized spacial score (nSPS) is 10.6. The van der Waals surface area contributed by atoms with E-state index >= 15 is 0 Å². The van der Waals surface area contributed by atoms with Gasteiger partial charge < -0.3 is 10.6 Å². The Morgan fingerprint density at radius 1 is 0.885 bits per heavy atom. The Hall–Kier alpha value is -3.60. The molecule has 1 amide bonds. The van der Waals surface area contributed by atoms with Gasteiger partial charge in [0.2, 0.25) is 0 Å². The minimum Gasteiger partial charge on any atom is -0.364 e. The molecular formula is C21H18N4O. The van der Waals surface area contributed by atoms with E-state index in [0.717, 1.165) is 28.0 Å². The van der Waals surface area contributed by atoms with Gasteiger partial charge in [0.15, 0.2) is 5.82 Å². The van der Waals surface area contributed by atoms with Crippen molar-refractivity contribution in [2.45, 2.75) is 6.54 Å². The maximum Gasteiger partial charge on any atom is 0.255 e. The molecule has 1 heterocycles. The van der Waals surface area contributed by atoms with E-state index in [0.29, 0.717) is 12.1 Å². The average Bonchev–Trinajstić information content (AvgIpc) is 3.11. The molecule has 4 rings (SSSR count). The molecule has 0 fully saturated rings. The molecule has 0 aliphatic carbocycles. The number of anilines is 2. The zero-order valence-corrected chi connectivity index (χ0v) is 14.1. The first-order valence-corrected chi connectivity index (χ1v) is 8.42. The van der Waals surface area contributed by atoms with Gasteiger partial charge in [-0.3, -0.25) is 9.89 Å². The number of para-hydroxylation sites is 2. The molecule has 0 bridgehead atoms. The van der Waals surface area contributed by atoms with E-state index in [1.54, 1.807) is 0 Å². The Morgan fingerprint density at radius 2 is 1.62 bits per heavy atom. The van der Waals surface area contributed by atoms with E-state index in [4.69, 9.17) is 0 Å². The van der Waals surface area contributed by atoms with Crippen LogP contribution in [-0.2, 0) is 6.54 Å². The molecule has 0 saturated heterocycles. The Kier molecular flexibility index (Phi) is 4.35. The minimum absolute atomic E-state index is 0.117. The summed E-state index contributed by atoms with van der Waals surface area (Å²) in [6, 6.07) is 25.0.